The first-order chi connectivity index (χ1) is 13.0. The van der Waals surface area contributed by atoms with E-state index >= 15 is 0 Å². The fourth-order valence-electron chi connectivity index (χ4n) is 2.21. The van der Waals surface area contributed by atoms with E-state index in [1.807, 2.05) is 0 Å². The Balaban J connectivity index is 2.36. The standard InChI is InChI=1S/C20H18ClNO5/c1-3-27-19(24)15-6-4-5-7-16(15)22-17(20(25)26-2)12-18(23)13-8-10-14(21)11-9-13/h4-12,22H,3H2,1-2H3/b17-12-. The van der Waals surface area contributed by atoms with Crippen LogP contribution in [-0.2, 0) is 14.3 Å². The molecule has 0 aromatic heterocycles. The first-order valence-electron chi connectivity index (χ1n) is 8.09. The number of para-hydroxylation sites is 1. The Morgan fingerprint density at radius 1 is 1.07 bits per heavy atom. The number of hydrogen-bond acceptors (Lipinski definition) is 6. The third-order valence-corrected chi connectivity index (χ3v) is 3.75. The van der Waals surface area contributed by atoms with Crippen LogP contribution in [0.5, 0.6) is 0 Å². The quantitative estimate of drug-likeness (QED) is 0.441. The zero-order valence-electron chi connectivity index (χ0n) is 14.8. The highest BCUT2D eigenvalue weighted by Gasteiger charge is 2.18. The summed E-state index contributed by atoms with van der Waals surface area (Å²) in [4.78, 5) is 36.6. The fraction of sp³-hybridized carbons (Fsp3) is 0.150. The zero-order valence-corrected chi connectivity index (χ0v) is 15.6. The normalized spacial score (nSPS) is 10.9. The molecule has 0 aliphatic rings. The Morgan fingerprint density at radius 3 is 2.37 bits per heavy atom. The number of carbonyl (C=O) groups excluding carboxylic acids is 3. The molecule has 0 saturated carbocycles. The Bertz CT molecular complexity index is 874. The Hall–Kier alpha value is -3.12. The zero-order chi connectivity index (χ0) is 19.8. The summed E-state index contributed by atoms with van der Waals surface area (Å²) in [7, 11) is 1.20. The fourth-order valence-corrected chi connectivity index (χ4v) is 2.33. The topological polar surface area (TPSA) is 81.7 Å². The van der Waals surface area contributed by atoms with Crippen molar-refractivity contribution >= 4 is 35.0 Å². The largest absolute Gasteiger partial charge is 0.464 e. The minimum atomic E-state index is -0.754. The van der Waals surface area contributed by atoms with Crippen LogP contribution in [0.2, 0.25) is 5.02 Å². The molecule has 7 heteroatoms. The van der Waals surface area contributed by atoms with Gasteiger partial charge in [-0.15, -0.1) is 0 Å². The van der Waals surface area contributed by atoms with Crippen LogP contribution in [0.25, 0.3) is 0 Å². The number of ketones is 1. The first kappa shape index (κ1) is 20.2. The van der Waals surface area contributed by atoms with Gasteiger partial charge in [-0.25, -0.2) is 9.59 Å². The van der Waals surface area contributed by atoms with E-state index in [4.69, 9.17) is 21.1 Å². The number of methoxy groups -OCH3 is 1. The SMILES string of the molecule is CCOC(=O)c1ccccc1N/C(=C\C(=O)c1ccc(Cl)cc1)C(=O)OC. The van der Waals surface area contributed by atoms with Gasteiger partial charge < -0.3 is 14.8 Å². The second-order valence-electron chi connectivity index (χ2n) is 5.31. The van der Waals surface area contributed by atoms with Crippen molar-refractivity contribution in [2.45, 2.75) is 6.92 Å². The third kappa shape index (κ3) is 5.43. The summed E-state index contributed by atoms with van der Waals surface area (Å²) in [6.45, 7) is 1.90. The number of halogens is 1. The monoisotopic (exact) mass is 387 g/mol. The molecule has 0 atom stereocenters. The molecule has 0 aliphatic carbocycles. The van der Waals surface area contributed by atoms with Crippen molar-refractivity contribution in [3.63, 3.8) is 0 Å². The van der Waals surface area contributed by atoms with Gasteiger partial charge in [0, 0.05) is 16.7 Å². The van der Waals surface area contributed by atoms with Crippen molar-refractivity contribution in [1.82, 2.24) is 0 Å². The van der Waals surface area contributed by atoms with Crippen LogP contribution in [-0.4, -0.2) is 31.4 Å². The number of nitrogens with one attached hydrogen (secondary N) is 1. The van der Waals surface area contributed by atoms with Gasteiger partial charge in [0.2, 0.25) is 0 Å². The molecule has 140 valence electrons. The van der Waals surface area contributed by atoms with Crippen LogP contribution in [0, 0.1) is 0 Å². The number of allylic oxidation sites excluding steroid dienone is 1. The summed E-state index contributed by atoms with van der Waals surface area (Å²) in [5.41, 5.74) is 0.778. The van der Waals surface area contributed by atoms with Crippen molar-refractivity contribution in [2.75, 3.05) is 19.0 Å². The highest BCUT2D eigenvalue weighted by Crippen LogP contribution is 2.19. The van der Waals surface area contributed by atoms with Crippen LogP contribution in [0.15, 0.2) is 60.3 Å². The maximum atomic E-state index is 12.4. The van der Waals surface area contributed by atoms with Crippen molar-refractivity contribution in [1.29, 1.82) is 0 Å². The maximum absolute atomic E-state index is 12.4. The minimum absolute atomic E-state index is 0.116. The van der Waals surface area contributed by atoms with E-state index in [0.717, 1.165) is 6.08 Å². The molecule has 1 N–H and O–H groups in total. The molecule has 0 bridgehead atoms. The number of carbonyl (C=O) groups is 3. The molecule has 27 heavy (non-hydrogen) atoms. The molecule has 2 aromatic rings. The molecule has 6 nitrogen and oxygen atoms in total. The van der Waals surface area contributed by atoms with E-state index in [2.05, 4.69) is 5.32 Å². The van der Waals surface area contributed by atoms with Gasteiger partial charge in [0.15, 0.2) is 5.78 Å². The van der Waals surface area contributed by atoms with E-state index in [1.54, 1.807) is 55.5 Å². The van der Waals surface area contributed by atoms with Gasteiger partial charge in [-0.2, -0.15) is 0 Å². The summed E-state index contributed by atoms with van der Waals surface area (Å²) >= 11 is 5.82. The van der Waals surface area contributed by atoms with E-state index < -0.39 is 17.7 Å². The van der Waals surface area contributed by atoms with Crippen LogP contribution in [0.4, 0.5) is 5.69 Å². The van der Waals surface area contributed by atoms with Crippen molar-refractivity contribution in [2.24, 2.45) is 0 Å². The van der Waals surface area contributed by atoms with E-state index in [0.29, 0.717) is 16.3 Å². The third-order valence-electron chi connectivity index (χ3n) is 3.50. The second kappa shape index (κ2) is 9.54. The molecule has 0 unspecified atom stereocenters. The summed E-state index contributed by atoms with van der Waals surface area (Å²) in [5.74, 6) is -1.72. The van der Waals surface area contributed by atoms with E-state index in [9.17, 15) is 14.4 Å². The number of anilines is 1. The number of hydrogen-bond donors (Lipinski definition) is 1. The Kier molecular flexibility index (Phi) is 7.14. The Labute approximate surface area is 161 Å². The molecular formula is C20H18ClNO5. The average molecular weight is 388 g/mol. The number of rotatable bonds is 7. The highest BCUT2D eigenvalue weighted by atomic mass is 35.5. The predicted molar refractivity (Wildman–Crippen MR) is 102 cm³/mol. The van der Waals surface area contributed by atoms with Crippen LogP contribution >= 0.6 is 11.6 Å². The van der Waals surface area contributed by atoms with Gasteiger partial charge in [0.1, 0.15) is 5.70 Å². The molecule has 2 aromatic carbocycles. The van der Waals surface area contributed by atoms with Gasteiger partial charge in [0.05, 0.1) is 25.0 Å². The summed E-state index contributed by atoms with van der Waals surface area (Å²) in [6.07, 6.45) is 1.11. The molecule has 0 radical (unpaired) electrons. The smallest absolute Gasteiger partial charge is 0.354 e. The van der Waals surface area contributed by atoms with Crippen molar-refractivity contribution in [3.8, 4) is 0 Å². The van der Waals surface area contributed by atoms with Crippen molar-refractivity contribution in [3.05, 3.63) is 76.5 Å². The molecule has 0 aliphatic heterocycles. The van der Waals surface area contributed by atoms with Gasteiger partial charge in [0.25, 0.3) is 0 Å². The van der Waals surface area contributed by atoms with Crippen molar-refractivity contribution < 1.29 is 23.9 Å². The number of esters is 2. The maximum Gasteiger partial charge on any atom is 0.354 e. The van der Waals surface area contributed by atoms with Crippen LogP contribution < -0.4 is 5.32 Å². The lowest BCUT2D eigenvalue weighted by Gasteiger charge is -2.13. The van der Waals surface area contributed by atoms with Gasteiger partial charge in [-0.3, -0.25) is 4.79 Å². The summed E-state index contributed by atoms with van der Waals surface area (Å²) in [6, 6.07) is 12.7. The first-order valence-corrected chi connectivity index (χ1v) is 8.47. The highest BCUT2D eigenvalue weighted by molar-refractivity contribution is 6.30. The average Bonchev–Trinajstić information content (AvgIpc) is 2.67. The predicted octanol–water partition coefficient (Wildman–Crippen LogP) is 3.87. The number of benzene rings is 2. The Morgan fingerprint density at radius 2 is 1.74 bits per heavy atom. The molecular weight excluding hydrogens is 370 g/mol. The lowest BCUT2D eigenvalue weighted by molar-refractivity contribution is -0.135. The van der Waals surface area contributed by atoms with Crippen LogP contribution in [0.1, 0.15) is 27.6 Å². The van der Waals surface area contributed by atoms with Gasteiger partial charge in [-0.05, 0) is 43.3 Å². The molecule has 0 spiro atoms. The molecule has 2 rings (SSSR count). The van der Waals surface area contributed by atoms with Gasteiger partial charge in [-0.1, -0.05) is 23.7 Å². The van der Waals surface area contributed by atoms with Crippen LogP contribution in [0.3, 0.4) is 0 Å². The van der Waals surface area contributed by atoms with E-state index in [1.165, 1.54) is 7.11 Å². The lowest BCUT2D eigenvalue weighted by atomic mass is 10.1. The number of ether oxygens (including phenoxy) is 2. The summed E-state index contributed by atoms with van der Waals surface area (Å²) < 4.78 is 9.73. The lowest BCUT2D eigenvalue weighted by Crippen LogP contribution is -2.17. The van der Waals surface area contributed by atoms with Gasteiger partial charge >= 0.3 is 11.9 Å². The minimum Gasteiger partial charge on any atom is -0.464 e. The second-order valence-corrected chi connectivity index (χ2v) is 5.75. The molecule has 0 fully saturated rings. The summed E-state index contributed by atoms with van der Waals surface area (Å²) in [5, 5.41) is 3.28. The molecule has 0 heterocycles. The molecule has 0 amide bonds. The van der Waals surface area contributed by atoms with E-state index in [-0.39, 0.29) is 17.9 Å². The molecule has 0 saturated heterocycles.